The minimum Gasteiger partial charge on any atom is -0.493 e. The normalized spacial score (nSPS) is 20.9. The van der Waals surface area contributed by atoms with Crippen molar-refractivity contribution in [2.75, 3.05) is 31.6 Å². The molecule has 4 heteroatoms. The highest BCUT2D eigenvalue weighted by Crippen LogP contribution is 2.36. The van der Waals surface area contributed by atoms with Gasteiger partial charge in [0.05, 0.1) is 17.8 Å². The summed E-state index contributed by atoms with van der Waals surface area (Å²) in [4.78, 5) is 2.33. The Hall–Kier alpha value is -0.930. The summed E-state index contributed by atoms with van der Waals surface area (Å²) in [6.45, 7) is 5.18. The summed E-state index contributed by atoms with van der Waals surface area (Å²) in [6, 6.07) is 6.35. The van der Waals surface area contributed by atoms with Crippen LogP contribution in [-0.4, -0.2) is 32.8 Å². The molecule has 0 aromatic heterocycles. The van der Waals surface area contributed by atoms with Gasteiger partial charge in [-0.15, -0.1) is 0 Å². The molecule has 1 fully saturated rings. The Morgan fingerprint density at radius 2 is 2.31 bits per heavy atom. The van der Waals surface area contributed by atoms with E-state index >= 15 is 0 Å². The summed E-state index contributed by atoms with van der Waals surface area (Å²) >= 11 is 6.13. The molecule has 88 valence electrons. The van der Waals surface area contributed by atoms with E-state index in [0.29, 0.717) is 11.1 Å². The Kier molecular flexibility index (Phi) is 3.56. The summed E-state index contributed by atoms with van der Waals surface area (Å²) in [7, 11) is 1.66. The second-order valence-electron chi connectivity index (χ2n) is 4.04. The van der Waals surface area contributed by atoms with Crippen LogP contribution >= 0.6 is 11.6 Å². The average Bonchev–Trinajstić information content (AvgIpc) is 2.29. The van der Waals surface area contributed by atoms with Gasteiger partial charge in [0.25, 0.3) is 0 Å². The number of hydrogen-bond acceptors (Lipinski definition) is 3. The minimum atomic E-state index is 0.459. The van der Waals surface area contributed by atoms with Crippen molar-refractivity contribution in [2.24, 2.45) is 0 Å². The van der Waals surface area contributed by atoms with Gasteiger partial charge in [0.2, 0.25) is 0 Å². The number of hydrogen-bond donors (Lipinski definition) is 1. The Morgan fingerprint density at radius 1 is 1.50 bits per heavy atom. The number of para-hydroxylation sites is 1. The summed E-state index contributed by atoms with van der Waals surface area (Å²) < 4.78 is 5.38. The SMILES string of the molecule is COc1c(Cl)cccc1N1CCNC[C@@H]1C. The highest BCUT2D eigenvalue weighted by atomic mass is 35.5. The Morgan fingerprint density at radius 3 is 3.00 bits per heavy atom. The third-order valence-corrected chi connectivity index (χ3v) is 3.26. The molecule has 1 aliphatic heterocycles. The predicted octanol–water partition coefficient (Wildman–Crippen LogP) is 2.15. The molecule has 0 aliphatic carbocycles. The van der Waals surface area contributed by atoms with E-state index in [9.17, 15) is 0 Å². The van der Waals surface area contributed by atoms with Gasteiger partial charge < -0.3 is 15.0 Å². The van der Waals surface area contributed by atoms with Crippen LogP contribution < -0.4 is 15.0 Å². The summed E-state index contributed by atoms with van der Waals surface area (Å²) in [5.74, 6) is 0.776. The van der Waals surface area contributed by atoms with Crippen molar-refractivity contribution >= 4 is 17.3 Å². The molecule has 0 amide bonds. The molecule has 0 unspecified atom stereocenters. The predicted molar refractivity (Wildman–Crippen MR) is 67.7 cm³/mol. The van der Waals surface area contributed by atoms with Crippen LogP contribution in [0.2, 0.25) is 5.02 Å². The highest BCUT2D eigenvalue weighted by molar-refractivity contribution is 6.32. The van der Waals surface area contributed by atoms with E-state index < -0.39 is 0 Å². The van der Waals surface area contributed by atoms with Gasteiger partial charge in [0, 0.05) is 25.7 Å². The number of methoxy groups -OCH3 is 1. The maximum atomic E-state index is 6.13. The number of rotatable bonds is 2. The third kappa shape index (κ3) is 2.11. The molecule has 1 saturated heterocycles. The molecule has 1 N–H and O–H groups in total. The second-order valence-corrected chi connectivity index (χ2v) is 4.45. The largest absolute Gasteiger partial charge is 0.493 e. The van der Waals surface area contributed by atoms with Crippen LogP contribution in [0.5, 0.6) is 5.75 Å². The molecular formula is C12H17ClN2O. The number of nitrogens with one attached hydrogen (secondary N) is 1. The first-order valence-electron chi connectivity index (χ1n) is 5.54. The number of halogens is 1. The maximum Gasteiger partial charge on any atom is 0.160 e. The number of anilines is 1. The van der Waals surface area contributed by atoms with Crippen LogP contribution in [0.3, 0.4) is 0 Å². The average molecular weight is 241 g/mol. The van der Waals surface area contributed by atoms with E-state index in [2.05, 4.69) is 23.2 Å². The Bertz CT molecular complexity index is 370. The van der Waals surface area contributed by atoms with Crippen molar-refractivity contribution in [3.63, 3.8) is 0 Å². The van der Waals surface area contributed by atoms with Crippen LogP contribution in [0.4, 0.5) is 5.69 Å². The van der Waals surface area contributed by atoms with Crippen LogP contribution in [0.15, 0.2) is 18.2 Å². The van der Waals surface area contributed by atoms with Gasteiger partial charge in [0.15, 0.2) is 5.75 Å². The van der Waals surface area contributed by atoms with E-state index in [1.165, 1.54) is 0 Å². The first-order chi connectivity index (χ1) is 7.74. The molecule has 0 bridgehead atoms. The number of nitrogens with zero attached hydrogens (tertiary/aromatic N) is 1. The van der Waals surface area contributed by atoms with Gasteiger partial charge in [-0.1, -0.05) is 17.7 Å². The number of piperazine rings is 1. The first-order valence-corrected chi connectivity index (χ1v) is 5.91. The molecule has 0 radical (unpaired) electrons. The van der Waals surface area contributed by atoms with Gasteiger partial charge in [-0.05, 0) is 19.1 Å². The zero-order valence-electron chi connectivity index (χ0n) is 9.66. The maximum absolute atomic E-state index is 6.13. The lowest BCUT2D eigenvalue weighted by molar-refractivity contribution is 0.409. The molecular weight excluding hydrogens is 224 g/mol. The topological polar surface area (TPSA) is 24.5 Å². The second kappa shape index (κ2) is 4.93. The first kappa shape index (κ1) is 11.6. The van der Waals surface area contributed by atoms with E-state index in [4.69, 9.17) is 16.3 Å². The highest BCUT2D eigenvalue weighted by Gasteiger charge is 2.21. The summed E-state index contributed by atoms with van der Waals surface area (Å²) in [6.07, 6.45) is 0. The van der Waals surface area contributed by atoms with E-state index in [1.807, 2.05) is 12.1 Å². The molecule has 1 heterocycles. The standard InChI is InChI=1S/C12H17ClN2O/c1-9-8-14-6-7-15(9)11-5-3-4-10(13)12(11)16-2/h3-5,9,14H,6-8H2,1-2H3/t9-/m0/s1. The lowest BCUT2D eigenvalue weighted by Crippen LogP contribution is -2.50. The van der Waals surface area contributed by atoms with Crippen LogP contribution in [0.25, 0.3) is 0 Å². The molecule has 16 heavy (non-hydrogen) atoms. The van der Waals surface area contributed by atoms with Crippen molar-refractivity contribution in [3.8, 4) is 5.75 Å². The van der Waals surface area contributed by atoms with Crippen molar-refractivity contribution in [1.29, 1.82) is 0 Å². The van der Waals surface area contributed by atoms with Gasteiger partial charge in [-0.25, -0.2) is 0 Å². The molecule has 0 saturated carbocycles. The lowest BCUT2D eigenvalue weighted by Gasteiger charge is -2.36. The molecule has 0 spiro atoms. The molecule has 1 atom stereocenters. The molecule has 2 rings (SSSR count). The van der Waals surface area contributed by atoms with Crippen molar-refractivity contribution in [3.05, 3.63) is 23.2 Å². The minimum absolute atomic E-state index is 0.459. The Labute approximate surface area is 101 Å². The Balaban J connectivity index is 2.34. The van der Waals surface area contributed by atoms with Gasteiger partial charge in [0.1, 0.15) is 0 Å². The third-order valence-electron chi connectivity index (χ3n) is 2.96. The van der Waals surface area contributed by atoms with Crippen LogP contribution in [0.1, 0.15) is 6.92 Å². The smallest absolute Gasteiger partial charge is 0.160 e. The zero-order chi connectivity index (χ0) is 11.5. The zero-order valence-corrected chi connectivity index (χ0v) is 10.4. The fourth-order valence-electron chi connectivity index (χ4n) is 2.12. The number of benzene rings is 1. The van der Waals surface area contributed by atoms with Crippen LogP contribution in [-0.2, 0) is 0 Å². The molecule has 1 aromatic rings. The van der Waals surface area contributed by atoms with Crippen molar-refractivity contribution in [1.82, 2.24) is 5.32 Å². The van der Waals surface area contributed by atoms with Crippen molar-refractivity contribution < 1.29 is 4.74 Å². The summed E-state index contributed by atoms with van der Waals surface area (Å²) in [5, 5.41) is 4.04. The van der Waals surface area contributed by atoms with Gasteiger partial charge >= 0.3 is 0 Å². The lowest BCUT2D eigenvalue weighted by atomic mass is 10.1. The quantitative estimate of drug-likeness (QED) is 0.857. The van der Waals surface area contributed by atoms with Crippen molar-refractivity contribution in [2.45, 2.75) is 13.0 Å². The monoisotopic (exact) mass is 240 g/mol. The van der Waals surface area contributed by atoms with E-state index in [-0.39, 0.29) is 0 Å². The van der Waals surface area contributed by atoms with E-state index in [1.54, 1.807) is 7.11 Å². The number of ether oxygens (including phenoxy) is 1. The fraction of sp³-hybridized carbons (Fsp3) is 0.500. The molecule has 1 aliphatic rings. The van der Waals surface area contributed by atoms with E-state index in [0.717, 1.165) is 31.1 Å². The van der Waals surface area contributed by atoms with Gasteiger partial charge in [-0.3, -0.25) is 0 Å². The summed E-state index contributed by atoms with van der Waals surface area (Å²) in [5.41, 5.74) is 1.09. The van der Waals surface area contributed by atoms with Gasteiger partial charge in [-0.2, -0.15) is 0 Å². The molecule has 3 nitrogen and oxygen atoms in total. The fourth-order valence-corrected chi connectivity index (χ4v) is 2.37. The van der Waals surface area contributed by atoms with Crippen LogP contribution in [0, 0.1) is 0 Å². The molecule has 1 aromatic carbocycles.